The smallest absolute Gasteiger partial charge is 0.338 e. The highest BCUT2D eigenvalue weighted by atomic mass is 35.5. The molecule has 14 heteroatoms. The van der Waals surface area contributed by atoms with E-state index in [2.05, 4.69) is 10.3 Å². The first-order valence-corrected chi connectivity index (χ1v) is 15.1. The molecule has 2 fully saturated rings. The standard InChI is InChI=1S/C25H26ClFN4O6S2/c1-37-25(34)19-20(13-4-7-31(8-5-13)39(35,36)16-10-14(11-16)24(32)33)29-22(23-28-6-9-38-23)30-21(19)17-3-2-15(27)12-18(17)26/h2-3,6,9,12-14,16,21H,4-5,7-8,10-11H2,1H3,(H,29,30)(H,32,33)/t14?,16?,21-/m0/s1. The predicted octanol–water partition coefficient (Wildman–Crippen LogP) is 3.36. The number of carbonyl (C=O) groups excluding carboxylic acids is 1. The number of sulfonamides is 1. The van der Waals surface area contributed by atoms with E-state index in [-0.39, 0.29) is 42.4 Å². The highest BCUT2D eigenvalue weighted by Crippen LogP contribution is 2.41. The van der Waals surface area contributed by atoms with Crippen LogP contribution in [0.4, 0.5) is 4.39 Å². The molecule has 5 rings (SSSR count). The molecule has 2 aliphatic heterocycles. The number of allylic oxidation sites excluding steroid dienone is 1. The number of esters is 1. The van der Waals surface area contributed by atoms with Crippen LogP contribution in [0.5, 0.6) is 0 Å². The van der Waals surface area contributed by atoms with Crippen LogP contribution in [0, 0.1) is 17.7 Å². The number of hydrogen-bond acceptors (Lipinski definition) is 9. The largest absolute Gasteiger partial charge is 0.481 e. The van der Waals surface area contributed by atoms with Crippen molar-refractivity contribution in [2.24, 2.45) is 16.8 Å². The van der Waals surface area contributed by atoms with Gasteiger partial charge in [0.2, 0.25) is 10.0 Å². The number of nitrogens with zero attached hydrogens (tertiary/aromatic N) is 3. The third kappa shape index (κ3) is 5.32. The second kappa shape index (κ2) is 11.0. The number of aliphatic imine (C=N–C) groups is 1. The number of carbonyl (C=O) groups is 2. The summed E-state index contributed by atoms with van der Waals surface area (Å²) in [5.41, 5.74) is 1.18. The van der Waals surface area contributed by atoms with Gasteiger partial charge in [0, 0.05) is 46.9 Å². The topological polar surface area (TPSA) is 138 Å². The van der Waals surface area contributed by atoms with Gasteiger partial charge in [0.1, 0.15) is 11.9 Å². The Kier molecular flexibility index (Phi) is 7.77. The first-order valence-electron chi connectivity index (χ1n) is 12.3. The van der Waals surface area contributed by atoms with Gasteiger partial charge in [0.15, 0.2) is 10.8 Å². The number of aliphatic carboxylic acids is 1. The number of piperidine rings is 1. The Morgan fingerprint density at radius 3 is 2.56 bits per heavy atom. The van der Waals surface area contributed by atoms with Gasteiger partial charge in [-0.1, -0.05) is 17.7 Å². The number of nitrogens with one attached hydrogen (secondary N) is 1. The minimum absolute atomic E-state index is 0.103. The number of rotatable bonds is 7. The quantitative estimate of drug-likeness (QED) is 0.464. The van der Waals surface area contributed by atoms with Gasteiger partial charge < -0.3 is 15.2 Å². The average Bonchev–Trinajstić information content (AvgIpc) is 3.41. The van der Waals surface area contributed by atoms with Gasteiger partial charge >= 0.3 is 11.9 Å². The fourth-order valence-electron chi connectivity index (χ4n) is 5.24. The highest BCUT2D eigenvalue weighted by molar-refractivity contribution is 7.89. The maximum Gasteiger partial charge on any atom is 0.338 e. The molecule has 1 atom stereocenters. The van der Waals surface area contributed by atoms with E-state index in [9.17, 15) is 22.4 Å². The molecule has 0 unspecified atom stereocenters. The van der Waals surface area contributed by atoms with Crippen molar-refractivity contribution >= 4 is 50.7 Å². The number of hydrogen-bond donors (Lipinski definition) is 2. The molecule has 3 heterocycles. The summed E-state index contributed by atoms with van der Waals surface area (Å²) >= 11 is 7.75. The molecule has 0 spiro atoms. The van der Waals surface area contributed by atoms with E-state index in [1.807, 2.05) is 0 Å². The van der Waals surface area contributed by atoms with E-state index < -0.39 is 45.0 Å². The number of ether oxygens (including phenoxy) is 1. The van der Waals surface area contributed by atoms with Crippen LogP contribution in [-0.4, -0.2) is 66.0 Å². The SMILES string of the molecule is COC(=O)C1=C(C2CCN(S(=O)(=O)C3CC(C(=O)O)C3)CC2)NC(c2nccs2)=N[C@H]1c1ccc(F)cc1Cl. The lowest BCUT2D eigenvalue weighted by molar-refractivity contribution is -0.144. The normalized spacial score (nSPS) is 24.5. The van der Waals surface area contributed by atoms with Crippen molar-refractivity contribution in [2.75, 3.05) is 20.2 Å². The van der Waals surface area contributed by atoms with Crippen molar-refractivity contribution in [3.05, 3.63) is 62.5 Å². The minimum Gasteiger partial charge on any atom is -0.481 e. The molecule has 1 saturated carbocycles. The van der Waals surface area contributed by atoms with Gasteiger partial charge in [-0.25, -0.2) is 26.9 Å². The molecular formula is C25H26ClFN4O6S2. The Morgan fingerprint density at radius 2 is 1.97 bits per heavy atom. The zero-order valence-electron chi connectivity index (χ0n) is 20.8. The first-order chi connectivity index (χ1) is 18.6. The van der Waals surface area contributed by atoms with E-state index in [1.165, 1.54) is 34.9 Å². The van der Waals surface area contributed by atoms with Crippen LogP contribution >= 0.6 is 22.9 Å². The van der Waals surface area contributed by atoms with Crippen LogP contribution < -0.4 is 5.32 Å². The van der Waals surface area contributed by atoms with Gasteiger partial charge in [-0.15, -0.1) is 11.3 Å². The number of methoxy groups -OCH3 is 1. The Balaban J connectivity index is 1.46. The molecule has 208 valence electrons. The number of aromatic nitrogens is 1. The Hall–Kier alpha value is -2.87. The summed E-state index contributed by atoms with van der Waals surface area (Å²) in [5.74, 6) is -2.58. The maximum atomic E-state index is 13.9. The molecule has 0 radical (unpaired) electrons. The van der Waals surface area contributed by atoms with Gasteiger partial charge in [-0.3, -0.25) is 9.79 Å². The first kappa shape index (κ1) is 27.7. The molecule has 39 heavy (non-hydrogen) atoms. The summed E-state index contributed by atoms with van der Waals surface area (Å²) in [4.78, 5) is 33.4. The zero-order chi connectivity index (χ0) is 27.9. The maximum absolute atomic E-state index is 13.9. The summed E-state index contributed by atoms with van der Waals surface area (Å²) in [6.45, 7) is 0.430. The van der Waals surface area contributed by atoms with Gasteiger partial charge in [0.25, 0.3) is 0 Å². The summed E-state index contributed by atoms with van der Waals surface area (Å²) in [7, 11) is -2.37. The summed E-state index contributed by atoms with van der Waals surface area (Å²) in [6, 6.07) is 2.99. The second-order valence-electron chi connectivity index (χ2n) is 9.67. The molecule has 2 aromatic rings. The lowest BCUT2D eigenvalue weighted by Gasteiger charge is -2.40. The Morgan fingerprint density at radius 1 is 1.26 bits per heavy atom. The lowest BCUT2D eigenvalue weighted by atomic mass is 9.85. The van der Waals surface area contributed by atoms with Crippen molar-refractivity contribution in [2.45, 2.75) is 37.0 Å². The van der Waals surface area contributed by atoms with Gasteiger partial charge in [0.05, 0.1) is 23.9 Å². The summed E-state index contributed by atoms with van der Waals surface area (Å²) in [5, 5.41) is 14.2. The molecular weight excluding hydrogens is 571 g/mol. The van der Waals surface area contributed by atoms with E-state index in [1.54, 1.807) is 11.6 Å². The zero-order valence-corrected chi connectivity index (χ0v) is 23.2. The molecule has 0 amide bonds. The van der Waals surface area contributed by atoms with Gasteiger partial charge in [-0.2, -0.15) is 0 Å². The molecule has 0 bridgehead atoms. The molecule has 1 saturated heterocycles. The number of carboxylic acids is 1. The fourth-order valence-corrected chi connectivity index (χ4v) is 8.19. The van der Waals surface area contributed by atoms with E-state index in [4.69, 9.17) is 26.4 Å². The van der Waals surface area contributed by atoms with Crippen LogP contribution in [-0.2, 0) is 24.3 Å². The number of halogens is 2. The molecule has 1 aromatic heterocycles. The second-order valence-corrected chi connectivity index (χ2v) is 13.2. The predicted molar refractivity (Wildman–Crippen MR) is 142 cm³/mol. The molecule has 2 N–H and O–H groups in total. The summed E-state index contributed by atoms with van der Waals surface area (Å²) < 4.78 is 46.6. The van der Waals surface area contributed by atoms with Crippen LogP contribution in [0.15, 0.2) is 46.0 Å². The third-order valence-corrected chi connectivity index (χ3v) is 10.9. The van der Waals surface area contributed by atoms with E-state index in [0.717, 1.165) is 6.07 Å². The van der Waals surface area contributed by atoms with Crippen LogP contribution in [0.25, 0.3) is 0 Å². The number of benzene rings is 1. The van der Waals surface area contributed by atoms with Crippen molar-refractivity contribution in [3.8, 4) is 0 Å². The van der Waals surface area contributed by atoms with Crippen molar-refractivity contribution in [1.29, 1.82) is 0 Å². The van der Waals surface area contributed by atoms with Crippen molar-refractivity contribution in [1.82, 2.24) is 14.6 Å². The number of thiazole rings is 1. The lowest BCUT2D eigenvalue weighted by Crippen LogP contribution is -2.50. The fraction of sp³-hybridized carbons (Fsp3) is 0.440. The van der Waals surface area contributed by atoms with Crippen LogP contribution in [0.1, 0.15) is 42.3 Å². The molecule has 1 aliphatic carbocycles. The third-order valence-electron chi connectivity index (χ3n) is 7.46. The van der Waals surface area contributed by atoms with E-state index >= 15 is 0 Å². The van der Waals surface area contributed by atoms with Crippen molar-refractivity contribution < 1.29 is 32.2 Å². The number of amidine groups is 1. The molecule has 3 aliphatic rings. The minimum atomic E-state index is -3.63. The summed E-state index contributed by atoms with van der Waals surface area (Å²) in [6.07, 6.45) is 2.68. The van der Waals surface area contributed by atoms with Crippen molar-refractivity contribution in [3.63, 3.8) is 0 Å². The average molecular weight is 597 g/mol. The van der Waals surface area contributed by atoms with E-state index in [0.29, 0.717) is 34.9 Å². The highest BCUT2D eigenvalue weighted by Gasteiger charge is 2.46. The molecule has 1 aromatic carbocycles. The number of carboxylic acid groups (broad SMARTS) is 1. The molecule has 10 nitrogen and oxygen atoms in total. The van der Waals surface area contributed by atoms with Gasteiger partial charge in [-0.05, 0) is 37.8 Å². The monoisotopic (exact) mass is 596 g/mol. The van der Waals surface area contributed by atoms with Crippen LogP contribution in [0.2, 0.25) is 5.02 Å². The van der Waals surface area contributed by atoms with Crippen LogP contribution in [0.3, 0.4) is 0 Å². The Bertz CT molecular complexity index is 1450. The Labute approximate surface area is 233 Å².